The van der Waals surface area contributed by atoms with E-state index in [-0.39, 0.29) is 35.1 Å². The highest BCUT2D eigenvalue weighted by Gasteiger charge is 2.44. The van der Waals surface area contributed by atoms with Crippen LogP contribution in [0.4, 0.5) is 23.8 Å². The van der Waals surface area contributed by atoms with Crippen LogP contribution in [0.3, 0.4) is 0 Å². The molecule has 0 saturated heterocycles. The SMILES string of the molecule is CCC(COCC[Si](C)(C)C)S(=O)(=O)Nc1nc2ccccc2nc1OC(c1ccc2cnn(C(=O)OC(C)(C)C)c2c1)C(F)(F)F. The second-order valence-corrected chi connectivity index (χ2v) is 20.9. The Bertz CT molecular complexity index is 1840. The molecule has 0 aliphatic heterocycles. The van der Waals surface area contributed by atoms with Crippen LogP contribution >= 0.6 is 0 Å². The zero-order chi connectivity index (χ0) is 34.8. The maximum absolute atomic E-state index is 14.7. The molecule has 1 N–H and O–H groups in total. The van der Waals surface area contributed by atoms with Gasteiger partial charge in [-0.25, -0.2) is 23.2 Å². The van der Waals surface area contributed by atoms with Crippen molar-refractivity contribution in [3.63, 3.8) is 0 Å². The predicted molar refractivity (Wildman–Crippen MR) is 176 cm³/mol. The van der Waals surface area contributed by atoms with Crippen LogP contribution in [0.25, 0.3) is 21.9 Å². The lowest BCUT2D eigenvalue weighted by atomic mass is 10.1. The summed E-state index contributed by atoms with van der Waals surface area (Å²) in [6.45, 7) is 13.4. The first-order chi connectivity index (χ1) is 21.8. The number of carbonyl (C=O) groups excluding carboxylic acids is 1. The smallest absolute Gasteiger partial charge is 0.435 e. The highest BCUT2D eigenvalue weighted by atomic mass is 32.2. The van der Waals surface area contributed by atoms with Crippen molar-refractivity contribution in [2.45, 2.75) is 82.9 Å². The molecular weight excluding hydrogens is 656 g/mol. The number of fused-ring (bicyclic) bond motifs is 2. The van der Waals surface area contributed by atoms with Crippen LogP contribution in [0.2, 0.25) is 25.7 Å². The number of hydrogen-bond acceptors (Lipinski definition) is 9. The van der Waals surface area contributed by atoms with Crippen LogP contribution in [0.1, 0.15) is 45.8 Å². The third-order valence-electron chi connectivity index (χ3n) is 6.96. The van der Waals surface area contributed by atoms with Crippen molar-refractivity contribution in [1.29, 1.82) is 0 Å². The Labute approximate surface area is 272 Å². The molecule has 0 bridgehead atoms. The summed E-state index contributed by atoms with van der Waals surface area (Å²) in [5.41, 5.74) is -0.781. The van der Waals surface area contributed by atoms with Gasteiger partial charge >= 0.3 is 12.3 Å². The average Bonchev–Trinajstić information content (AvgIpc) is 3.37. The number of carbonyl (C=O) groups is 1. The standard InChI is InChI=1S/C31H40F3N5O6SSi/c1-8-22(19-43-15-16-47(5,6)7)46(41,42)38-27-28(37-24-12-10-9-11-23(24)36-27)44-26(31(32,33)34)20-13-14-21-18-35-39(25(21)17-20)29(40)45-30(2,3)4/h9-14,17-18,22,26H,8,15-16,19H2,1-7H3,(H,36,38). The second-order valence-electron chi connectivity index (χ2n) is 13.3. The maximum Gasteiger partial charge on any atom is 0.435 e. The number of nitrogens with zero attached hydrogens (tertiary/aromatic N) is 4. The molecule has 0 fully saturated rings. The molecule has 0 saturated carbocycles. The van der Waals surface area contributed by atoms with Crippen molar-refractivity contribution in [3.05, 3.63) is 54.2 Å². The molecule has 0 spiro atoms. The van der Waals surface area contributed by atoms with Gasteiger partial charge in [-0.3, -0.25) is 4.72 Å². The molecule has 0 aliphatic rings. The number of aromatic nitrogens is 4. The van der Waals surface area contributed by atoms with Crippen molar-refractivity contribution in [2.24, 2.45) is 0 Å². The Hall–Kier alpha value is -3.76. The molecule has 4 rings (SSSR count). The maximum atomic E-state index is 14.7. The van der Waals surface area contributed by atoms with Gasteiger partial charge in [0, 0.05) is 25.6 Å². The van der Waals surface area contributed by atoms with Crippen molar-refractivity contribution in [2.75, 3.05) is 17.9 Å². The lowest BCUT2D eigenvalue weighted by molar-refractivity contribution is -0.198. The minimum absolute atomic E-state index is 0.0556. The van der Waals surface area contributed by atoms with Gasteiger partial charge in [0.05, 0.1) is 29.4 Å². The average molecular weight is 696 g/mol. The third kappa shape index (κ3) is 9.41. The van der Waals surface area contributed by atoms with Gasteiger partial charge in [-0.05, 0) is 51.4 Å². The fraction of sp³-hybridized carbons (Fsp3) is 0.484. The van der Waals surface area contributed by atoms with E-state index in [1.807, 2.05) is 0 Å². The first-order valence-corrected chi connectivity index (χ1v) is 20.3. The molecule has 2 atom stereocenters. The normalized spacial score (nSPS) is 14.3. The Morgan fingerprint density at radius 1 is 1.04 bits per heavy atom. The monoisotopic (exact) mass is 695 g/mol. The van der Waals surface area contributed by atoms with Gasteiger partial charge in [-0.2, -0.15) is 23.0 Å². The molecule has 4 aromatic rings. The van der Waals surface area contributed by atoms with E-state index in [1.54, 1.807) is 45.9 Å². The van der Waals surface area contributed by atoms with Crippen LogP contribution in [-0.2, 0) is 19.5 Å². The summed E-state index contributed by atoms with van der Waals surface area (Å²) in [6.07, 6.45) is -6.99. The Morgan fingerprint density at radius 3 is 2.30 bits per heavy atom. The van der Waals surface area contributed by atoms with E-state index in [4.69, 9.17) is 14.2 Å². The van der Waals surface area contributed by atoms with E-state index < -0.39 is 59.0 Å². The van der Waals surface area contributed by atoms with Gasteiger partial charge in [-0.1, -0.05) is 50.8 Å². The summed E-state index contributed by atoms with van der Waals surface area (Å²) < 4.78 is 90.8. The molecule has 0 amide bonds. The van der Waals surface area contributed by atoms with E-state index in [9.17, 15) is 26.4 Å². The Morgan fingerprint density at radius 2 is 1.70 bits per heavy atom. The molecule has 2 unspecified atom stereocenters. The number of nitrogens with one attached hydrogen (secondary N) is 1. The van der Waals surface area contributed by atoms with E-state index in [0.29, 0.717) is 12.0 Å². The Kier molecular flexibility index (Phi) is 10.6. The van der Waals surface area contributed by atoms with Gasteiger partial charge in [0.15, 0.2) is 0 Å². The number of benzene rings is 2. The van der Waals surface area contributed by atoms with Crippen molar-refractivity contribution in [1.82, 2.24) is 19.7 Å². The van der Waals surface area contributed by atoms with Gasteiger partial charge in [0.2, 0.25) is 21.9 Å². The molecule has 11 nitrogen and oxygen atoms in total. The van der Waals surface area contributed by atoms with E-state index in [1.165, 1.54) is 24.4 Å². The van der Waals surface area contributed by atoms with Crippen LogP contribution in [0.15, 0.2) is 48.7 Å². The number of rotatable bonds is 12. The van der Waals surface area contributed by atoms with Crippen LogP contribution < -0.4 is 9.46 Å². The number of halogens is 3. The molecule has 2 aromatic carbocycles. The molecule has 2 aromatic heterocycles. The minimum Gasteiger partial charge on any atom is -0.457 e. The second kappa shape index (κ2) is 13.8. The van der Waals surface area contributed by atoms with Crippen molar-refractivity contribution < 1.29 is 40.6 Å². The minimum atomic E-state index is -5.00. The lowest BCUT2D eigenvalue weighted by Gasteiger charge is -2.24. The largest absolute Gasteiger partial charge is 0.457 e. The summed E-state index contributed by atoms with van der Waals surface area (Å²) in [7, 11) is -5.62. The summed E-state index contributed by atoms with van der Waals surface area (Å²) in [4.78, 5) is 21.3. The van der Waals surface area contributed by atoms with Crippen LogP contribution in [0.5, 0.6) is 5.88 Å². The molecule has 47 heavy (non-hydrogen) atoms. The number of ether oxygens (including phenoxy) is 3. The first kappa shape index (κ1) is 36.1. The fourth-order valence-electron chi connectivity index (χ4n) is 4.46. The van der Waals surface area contributed by atoms with Gasteiger partial charge in [0.1, 0.15) is 10.9 Å². The predicted octanol–water partition coefficient (Wildman–Crippen LogP) is 7.32. The van der Waals surface area contributed by atoms with Crippen LogP contribution in [-0.4, -0.2) is 72.6 Å². The van der Waals surface area contributed by atoms with Gasteiger partial charge in [0.25, 0.3) is 5.88 Å². The number of hydrogen-bond donors (Lipinski definition) is 1. The summed E-state index contributed by atoms with van der Waals surface area (Å²) in [6, 6.07) is 10.8. The van der Waals surface area contributed by atoms with E-state index in [2.05, 4.69) is 39.4 Å². The van der Waals surface area contributed by atoms with Gasteiger partial charge < -0.3 is 14.2 Å². The zero-order valence-corrected chi connectivity index (χ0v) is 29.2. The molecule has 16 heteroatoms. The fourth-order valence-corrected chi connectivity index (χ4v) is 6.50. The zero-order valence-electron chi connectivity index (χ0n) is 27.4. The summed E-state index contributed by atoms with van der Waals surface area (Å²) in [5, 5.41) is 3.36. The van der Waals surface area contributed by atoms with Crippen molar-refractivity contribution >= 4 is 51.9 Å². The summed E-state index contributed by atoms with van der Waals surface area (Å²) in [5.74, 6) is -1.18. The summed E-state index contributed by atoms with van der Waals surface area (Å²) >= 11 is 0. The third-order valence-corrected chi connectivity index (χ3v) is 10.5. The van der Waals surface area contributed by atoms with E-state index in [0.717, 1.165) is 16.8 Å². The number of alkyl halides is 3. The molecule has 2 heterocycles. The molecule has 256 valence electrons. The quantitative estimate of drug-likeness (QED) is 0.120. The van der Waals surface area contributed by atoms with Crippen molar-refractivity contribution in [3.8, 4) is 5.88 Å². The molecule has 0 aliphatic carbocycles. The lowest BCUT2D eigenvalue weighted by Crippen LogP contribution is -2.33. The number of sulfonamides is 1. The van der Waals surface area contributed by atoms with E-state index >= 15 is 0 Å². The first-order valence-electron chi connectivity index (χ1n) is 15.1. The van der Waals surface area contributed by atoms with Gasteiger partial charge in [-0.15, -0.1) is 0 Å². The highest BCUT2D eigenvalue weighted by molar-refractivity contribution is 7.93. The number of anilines is 1. The highest BCUT2D eigenvalue weighted by Crippen LogP contribution is 2.39. The molecular formula is C31H40F3N5O6SSi. The van der Waals surface area contributed by atoms with Crippen LogP contribution in [0, 0.1) is 0 Å². The topological polar surface area (TPSA) is 135 Å². The molecule has 0 radical (unpaired) electrons. The Balaban J connectivity index is 1.71. The number of para-hydroxylation sites is 2.